The third-order valence-corrected chi connectivity index (χ3v) is 4.50. The van der Waals surface area contributed by atoms with Gasteiger partial charge in [-0.05, 0) is 43.5 Å². The third-order valence-electron chi connectivity index (χ3n) is 4.50. The largest absolute Gasteiger partial charge is 0.508 e. The molecular formula is C25H36N4O3. The highest BCUT2D eigenvalue weighted by Gasteiger charge is 2.24. The van der Waals surface area contributed by atoms with Gasteiger partial charge in [-0.3, -0.25) is 9.36 Å². The van der Waals surface area contributed by atoms with Crippen LogP contribution in [0.5, 0.6) is 11.5 Å². The van der Waals surface area contributed by atoms with Crippen LogP contribution in [0.2, 0.25) is 0 Å². The number of carbonyl (C=O) groups excluding carboxylic acids is 1. The summed E-state index contributed by atoms with van der Waals surface area (Å²) in [6.07, 6.45) is 0. The smallest absolute Gasteiger partial charge is 0.289 e. The van der Waals surface area contributed by atoms with E-state index in [1.165, 1.54) is 6.07 Å². The van der Waals surface area contributed by atoms with Crippen molar-refractivity contribution in [3.63, 3.8) is 0 Å². The minimum atomic E-state index is -0.357. The molecule has 174 valence electrons. The maximum atomic E-state index is 12.5. The topological polar surface area (TPSA) is 100 Å². The van der Waals surface area contributed by atoms with Crippen LogP contribution >= 0.6 is 0 Å². The number of aromatic hydroxyl groups is 2. The van der Waals surface area contributed by atoms with Crippen LogP contribution in [0.1, 0.15) is 76.1 Å². The predicted octanol–water partition coefficient (Wildman–Crippen LogP) is 5.58. The molecule has 0 saturated heterocycles. The SMILES string of the molecule is CC.CC.CCNC(=O)c1nnc(-c2cc(C(C)C)c(O)cc2O)n1-c1ccc(C)cc1. The molecule has 0 spiro atoms. The van der Waals surface area contributed by atoms with Crippen molar-refractivity contribution < 1.29 is 15.0 Å². The lowest BCUT2D eigenvalue weighted by Gasteiger charge is -2.14. The Bertz CT molecular complexity index is 1010. The second-order valence-electron chi connectivity index (χ2n) is 6.96. The van der Waals surface area contributed by atoms with Crippen LogP contribution in [-0.4, -0.2) is 37.4 Å². The fourth-order valence-electron chi connectivity index (χ4n) is 3.02. The van der Waals surface area contributed by atoms with Crippen molar-refractivity contribution in [2.45, 2.75) is 61.3 Å². The van der Waals surface area contributed by atoms with Crippen molar-refractivity contribution >= 4 is 5.91 Å². The molecule has 7 nitrogen and oxygen atoms in total. The Morgan fingerprint density at radius 3 is 2.12 bits per heavy atom. The molecule has 7 heteroatoms. The summed E-state index contributed by atoms with van der Waals surface area (Å²) in [4.78, 5) is 12.5. The van der Waals surface area contributed by atoms with Crippen LogP contribution in [0.15, 0.2) is 36.4 Å². The van der Waals surface area contributed by atoms with Gasteiger partial charge >= 0.3 is 0 Å². The summed E-state index contributed by atoms with van der Waals surface area (Å²) in [5.41, 5.74) is 2.84. The molecule has 1 aromatic heterocycles. The number of hydrogen-bond donors (Lipinski definition) is 3. The molecule has 0 atom stereocenters. The first-order valence-electron chi connectivity index (χ1n) is 11.2. The maximum absolute atomic E-state index is 12.5. The van der Waals surface area contributed by atoms with E-state index in [1.807, 2.05) is 79.7 Å². The molecule has 32 heavy (non-hydrogen) atoms. The Balaban J connectivity index is 0.00000121. The molecule has 3 N–H and O–H groups in total. The van der Waals surface area contributed by atoms with Gasteiger partial charge in [0.15, 0.2) is 5.82 Å². The Morgan fingerprint density at radius 2 is 1.59 bits per heavy atom. The molecule has 1 amide bonds. The van der Waals surface area contributed by atoms with Crippen molar-refractivity contribution in [3.8, 4) is 28.6 Å². The molecule has 0 fully saturated rings. The Kier molecular flexibility index (Phi) is 10.4. The fraction of sp³-hybridized carbons (Fsp3) is 0.400. The lowest BCUT2D eigenvalue weighted by atomic mass is 9.98. The normalized spacial score (nSPS) is 10.0. The van der Waals surface area contributed by atoms with E-state index in [2.05, 4.69) is 15.5 Å². The van der Waals surface area contributed by atoms with Gasteiger partial charge in [0.2, 0.25) is 5.82 Å². The van der Waals surface area contributed by atoms with Crippen LogP contribution in [-0.2, 0) is 0 Å². The van der Waals surface area contributed by atoms with Crippen LogP contribution in [0, 0.1) is 6.92 Å². The maximum Gasteiger partial charge on any atom is 0.289 e. The van der Waals surface area contributed by atoms with Gasteiger partial charge in [-0.15, -0.1) is 10.2 Å². The zero-order valence-corrected chi connectivity index (χ0v) is 20.4. The van der Waals surface area contributed by atoms with Gasteiger partial charge in [-0.1, -0.05) is 59.2 Å². The van der Waals surface area contributed by atoms with Gasteiger partial charge in [-0.2, -0.15) is 0 Å². The van der Waals surface area contributed by atoms with Crippen molar-refractivity contribution in [1.29, 1.82) is 0 Å². The Labute approximate surface area is 191 Å². The zero-order valence-electron chi connectivity index (χ0n) is 20.4. The highest BCUT2D eigenvalue weighted by atomic mass is 16.3. The first-order chi connectivity index (χ1) is 15.3. The standard InChI is InChI=1S/C21H24N4O3.2C2H6/c1-5-22-21(28)20-24-23-19(25(20)14-8-6-13(4)7-9-14)16-10-15(12(2)3)17(26)11-18(16)27;2*1-2/h6-12,26-27H,5H2,1-4H3,(H,22,28);2*1-2H3. The van der Waals surface area contributed by atoms with Gasteiger partial charge < -0.3 is 15.5 Å². The zero-order chi connectivity index (χ0) is 24.4. The number of phenols is 2. The number of aromatic nitrogens is 3. The number of nitrogens with zero attached hydrogens (tertiary/aromatic N) is 3. The molecule has 0 bridgehead atoms. The Hall–Kier alpha value is -3.35. The Morgan fingerprint density at radius 1 is 1.00 bits per heavy atom. The van der Waals surface area contributed by atoms with Crippen LogP contribution in [0.3, 0.4) is 0 Å². The molecule has 0 aliphatic rings. The lowest BCUT2D eigenvalue weighted by Crippen LogP contribution is -2.26. The minimum Gasteiger partial charge on any atom is -0.508 e. The monoisotopic (exact) mass is 440 g/mol. The molecule has 1 heterocycles. The number of benzene rings is 2. The number of nitrogens with one attached hydrogen (secondary N) is 1. The fourth-order valence-corrected chi connectivity index (χ4v) is 3.02. The van der Waals surface area contributed by atoms with Crippen LogP contribution in [0.25, 0.3) is 17.1 Å². The molecular weight excluding hydrogens is 404 g/mol. The number of hydrogen-bond acceptors (Lipinski definition) is 5. The molecule has 3 rings (SSSR count). The van der Waals surface area contributed by atoms with Gasteiger partial charge in [0, 0.05) is 18.3 Å². The molecule has 0 saturated carbocycles. The molecule has 0 unspecified atom stereocenters. The third kappa shape index (κ3) is 5.87. The second kappa shape index (κ2) is 12.5. The summed E-state index contributed by atoms with van der Waals surface area (Å²) >= 11 is 0. The van der Waals surface area contributed by atoms with Gasteiger partial charge in [0.25, 0.3) is 5.91 Å². The summed E-state index contributed by atoms with van der Waals surface area (Å²) in [6.45, 7) is 16.1. The summed E-state index contributed by atoms with van der Waals surface area (Å²) in [7, 11) is 0. The van der Waals surface area contributed by atoms with E-state index in [-0.39, 0.29) is 29.1 Å². The highest BCUT2D eigenvalue weighted by molar-refractivity contribution is 5.92. The lowest BCUT2D eigenvalue weighted by molar-refractivity contribution is 0.0943. The van der Waals surface area contributed by atoms with E-state index in [9.17, 15) is 15.0 Å². The molecule has 0 radical (unpaired) electrons. The first-order valence-corrected chi connectivity index (χ1v) is 11.2. The van der Waals surface area contributed by atoms with Crippen LogP contribution in [0.4, 0.5) is 0 Å². The summed E-state index contributed by atoms with van der Waals surface area (Å²) in [5, 5.41) is 31.6. The minimum absolute atomic E-state index is 0.0154. The van der Waals surface area contributed by atoms with E-state index < -0.39 is 0 Å². The van der Waals surface area contributed by atoms with Crippen molar-refractivity contribution in [2.75, 3.05) is 6.54 Å². The van der Waals surface area contributed by atoms with E-state index in [1.54, 1.807) is 10.6 Å². The van der Waals surface area contributed by atoms with Gasteiger partial charge in [0.1, 0.15) is 11.5 Å². The average molecular weight is 441 g/mol. The summed E-state index contributed by atoms with van der Waals surface area (Å²) in [5.74, 6) is 0.0117. The van der Waals surface area contributed by atoms with E-state index in [4.69, 9.17) is 0 Å². The second-order valence-corrected chi connectivity index (χ2v) is 6.96. The van der Waals surface area contributed by atoms with E-state index >= 15 is 0 Å². The average Bonchev–Trinajstić information content (AvgIpc) is 3.22. The number of aryl methyl sites for hydroxylation is 1. The molecule has 3 aromatic rings. The van der Waals surface area contributed by atoms with Crippen molar-refractivity contribution in [3.05, 3.63) is 53.3 Å². The first kappa shape index (κ1) is 26.7. The number of amides is 1. The summed E-state index contributed by atoms with van der Waals surface area (Å²) < 4.78 is 1.61. The molecule has 0 aliphatic heterocycles. The quantitative estimate of drug-likeness (QED) is 0.481. The summed E-state index contributed by atoms with van der Waals surface area (Å²) in [6, 6.07) is 10.6. The number of phenolic OH excluding ortho intramolecular Hbond substituents is 2. The number of rotatable bonds is 5. The van der Waals surface area contributed by atoms with Crippen molar-refractivity contribution in [2.24, 2.45) is 0 Å². The van der Waals surface area contributed by atoms with Crippen molar-refractivity contribution in [1.82, 2.24) is 20.1 Å². The molecule has 2 aromatic carbocycles. The molecule has 0 aliphatic carbocycles. The predicted molar refractivity (Wildman–Crippen MR) is 130 cm³/mol. The van der Waals surface area contributed by atoms with Gasteiger partial charge in [0.05, 0.1) is 5.56 Å². The number of carbonyl (C=O) groups is 1. The van der Waals surface area contributed by atoms with Gasteiger partial charge in [-0.25, -0.2) is 0 Å². The van der Waals surface area contributed by atoms with Crippen LogP contribution < -0.4 is 5.32 Å². The van der Waals surface area contributed by atoms with E-state index in [0.717, 1.165) is 5.56 Å². The highest BCUT2D eigenvalue weighted by Crippen LogP contribution is 2.38. The van der Waals surface area contributed by atoms with E-state index in [0.29, 0.717) is 29.2 Å².